The zero-order valence-corrected chi connectivity index (χ0v) is 10.5. The van der Waals surface area contributed by atoms with Crippen molar-refractivity contribution in [2.24, 2.45) is 0 Å². The summed E-state index contributed by atoms with van der Waals surface area (Å²) in [5.74, 6) is -0.458. The first kappa shape index (κ1) is 14.5. The van der Waals surface area contributed by atoms with Gasteiger partial charge in [0.15, 0.2) is 11.5 Å². The summed E-state index contributed by atoms with van der Waals surface area (Å²) in [6.07, 6.45) is 1.37. The SMILES string of the molecule is C=CCOC(=O)c1cc(OC)c(OC)cc1[N+](=O)[O-]. The van der Waals surface area contributed by atoms with Gasteiger partial charge in [-0.05, 0) is 0 Å². The molecular weight excluding hydrogens is 254 g/mol. The average Bonchev–Trinajstić information content (AvgIpc) is 2.42. The number of hydrogen-bond donors (Lipinski definition) is 0. The second-order valence-electron chi connectivity index (χ2n) is 3.37. The Kier molecular flexibility index (Phi) is 4.87. The third kappa shape index (κ3) is 3.21. The van der Waals surface area contributed by atoms with Crippen molar-refractivity contribution < 1.29 is 23.9 Å². The minimum atomic E-state index is -0.826. The van der Waals surface area contributed by atoms with Gasteiger partial charge in [-0.25, -0.2) is 4.79 Å². The number of nitro benzene ring substituents is 1. The number of ether oxygens (including phenoxy) is 3. The molecule has 0 aliphatic carbocycles. The van der Waals surface area contributed by atoms with E-state index in [0.717, 1.165) is 6.07 Å². The van der Waals surface area contributed by atoms with Gasteiger partial charge in [0, 0.05) is 6.07 Å². The van der Waals surface area contributed by atoms with E-state index in [1.54, 1.807) is 0 Å². The van der Waals surface area contributed by atoms with Crippen molar-refractivity contribution in [3.63, 3.8) is 0 Å². The van der Waals surface area contributed by atoms with Gasteiger partial charge >= 0.3 is 5.97 Å². The van der Waals surface area contributed by atoms with E-state index in [2.05, 4.69) is 6.58 Å². The molecule has 1 aromatic rings. The standard InChI is InChI=1S/C12H13NO6/c1-4-5-19-12(14)8-6-10(17-2)11(18-3)7-9(8)13(15)16/h4,6-7H,1,5H2,2-3H3. The molecule has 0 radical (unpaired) electrons. The number of nitro groups is 1. The Morgan fingerprint density at radius 1 is 1.37 bits per heavy atom. The van der Waals surface area contributed by atoms with Crippen LogP contribution in [0.4, 0.5) is 5.69 Å². The molecule has 102 valence electrons. The molecule has 0 N–H and O–H groups in total. The fraction of sp³-hybridized carbons (Fsp3) is 0.250. The van der Waals surface area contributed by atoms with Crippen molar-refractivity contribution in [2.75, 3.05) is 20.8 Å². The van der Waals surface area contributed by atoms with Crippen LogP contribution >= 0.6 is 0 Å². The number of carbonyl (C=O) groups is 1. The fourth-order valence-corrected chi connectivity index (χ4v) is 1.40. The lowest BCUT2D eigenvalue weighted by Gasteiger charge is -2.09. The van der Waals surface area contributed by atoms with Gasteiger partial charge in [0.05, 0.1) is 25.2 Å². The largest absolute Gasteiger partial charge is 0.493 e. The van der Waals surface area contributed by atoms with Crippen LogP contribution in [0, 0.1) is 10.1 Å². The highest BCUT2D eigenvalue weighted by Crippen LogP contribution is 2.34. The Balaban J connectivity index is 3.30. The van der Waals surface area contributed by atoms with Crippen LogP contribution in [0.15, 0.2) is 24.8 Å². The summed E-state index contributed by atoms with van der Waals surface area (Å²) in [4.78, 5) is 22.0. The van der Waals surface area contributed by atoms with Crippen LogP contribution < -0.4 is 9.47 Å². The van der Waals surface area contributed by atoms with Crippen LogP contribution in [0.5, 0.6) is 11.5 Å². The van der Waals surface area contributed by atoms with Gasteiger partial charge in [0.25, 0.3) is 5.69 Å². The molecule has 0 bridgehead atoms. The van der Waals surface area contributed by atoms with E-state index in [9.17, 15) is 14.9 Å². The highest BCUT2D eigenvalue weighted by molar-refractivity contribution is 5.95. The van der Waals surface area contributed by atoms with Gasteiger partial charge in [-0.15, -0.1) is 0 Å². The first-order chi connectivity index (χ1) is 9.04. The van der Waals surface area contributed by atoms with Crippen LogP contribution in [-0.2, 0) is 4.74 Å². The summed E-state index contributed by atoms with van der Waals surface area (Å²) in [5.41, 5.74) is -0.615. The molecule has 0 aliphatic rings. The van der Waals surface area contributed by atoms with Crippen LogP contribution in [-0.4, -0.2) is 31.7 Å². The second-order valence-corrected chi connectivity index (χ2v) is 3.37. The van der Waals surface area contributed by atoms with E-state index in [4.69, 9.17) is 14.2 Å². The van der Waals surface area contributed by atoms with Crippen molar-refractivity contribution in [1.29, 1.82) is 0 Å². The summed E-state index contributed by atoms with van der Waals surface area (Å²) in [6.45, 7) is 3.35. The maximum atomic E-state index is 11.7. The molecule has 0 amide bonds. The molecule has 0 heterocycles. The van der Waals surface area contributed by atoms with E-state index in [0.29, 0.717) is 0 Å². The van der Waals surface area contributed by atoms with E-state index >= 15 is 0 Å². The molecule has 0 unspecified atom stereocenters. The van der Waals surface area contributed by atoms with Crippen molar-refractivity contribution in [3.8, 4) is 11.5 Å². The number of carbonyl (C=O) groups excluding carboxylic acids is 1. The normalized spacial score (nSPS) is 9.58. The van der Waals surface area contributed by atoms with Crippen molar-refractivity contribution in [2.45, 2.75) is 0 Å². The number of esters is 1. The first-order valence-corrected chi connectivity index (χ1v) is 5.23. The lowest BCUT2D eigenvalue weighted by atomic mass is 10.1. The zero-order valence-electron chi connectivity index (χ0n) is 10.5. The molecule has 0 fully saturated rings. The maximum Gasteiger partial charge on any atom is 0.345 e. The van der Waals surface area contributed by atoms with E-state index < -0.39 is 16.6 Å². The minimum Gasteiger partial charge on any atom is -0.493 e. The lowest BCUT2D eigenvalue weighted by molar-refractivity contribution is -0.385. The molecule has 0 spiro atoms. The zero-order chi connectivity index (χ0) is 14.4. The Hall–Kier alpha value is -2.57. The van der Waals surface area contributed by atoms with Gasteiger partial charge in [0.1, 0.15) is 12.2 Å². The lowest BCUT2D eigenvalue weighted by Crippen LogP contribution is -2.09. The molecule has 19 heavy (non-hydrogen) atoms. The van der Waals surface area contributed by atoms with Crippen LogP contribution in [0.1, 0.15) is 10.4 Å². The van der Waals surface area contributed by atoms with Gasteiger partial charge in [-0.2, -0.15) is 0 Å². The molecule has 7 heteroatoms. The Labute approximate surface area is 109 Å². The number of hydrogen-bond acceptors (Lipinski definition) is 6. The van der Waals surface area contributed by atoms with E-state index in [-0.39, 0.29) is 23.7 Å². The smallest absolute Gasteiger partial charge is 0.345 e. The topological polar surface area (TPSA) is 87.9 Å². The number of methoxy groups -OCH3 is 2. The molecule has 0 aliphatic heterocycles. The molecule has 0 atom stereocenters. The van der Waals surface area contributed by atoms with E-state index in [1.807, 2.05) is 0 Å². The van der Waals surface area contributed by atoms with Gasteiger partial charge < -0.3 is 14.2 Å². The monoisotopic (exact) mass is 267 g/mol. The van der Waals surface area contributed by atoms with Gasteiger partial charge in [-0.1, -0.05) is 12.7 Å². The van der Waals surface area contributed by atoms with Crippen LogP contribution in [0.25, 0.3) is 0 Å². The van der Waals surface area contributed by atoms with Crippen LogP contribution in [0.2, 0.25) is 0 Å². The van der Waals surface area contributed by atoms with Crippen LogP contribution in [0.3, 0.4) is 0 Å². The highest BCUT2D eigenvalue weighted by Gasteiger charge is 2.25. The summed E-state index contributed by atoms with van der Waals surface area (Å²) < 4.78 is 14.7. The van der Waals surface area contributed by atoms with Crippen molar-refractivity contribution in [1.82, 2.24) is 0 Å². The molecule has 1 rings (SSSR count). The Morgan fingerprint density at radius 3 is 2.42 bits per heavy atom. The third-order valence-electron chi connectivity index (χ3n) is 2.25. The van der Waals surface area contributed by atoms with E-state index in [1.165, 1.54) is 26.4 Å². The van der Waals surface area contributed by atoms with Crippen molar-refractivity contribution in [3.05, 3.63) is 40.5 Å². The highest BCUT2D eigenvalue weighted by atomic mass is 16.6. The summed E-state index contributed by atoms with van der Waals surface area (Å²) in [6, 6.07) is 2.33. The Morgan fingerprint density at radius 2 is 1.95 bits per heavy atom. The third-order valence-corrected chi connectivity index (χ3v) is 2.25. The second kappa shape index (κ2) is 6.39. The molecule has 0 aromatic heterocycles. The fourth-order valence-electron chi connectivity index (χ4n) is 1.40. The van der Waals surface area contributed by atoms with Gasteiger partial charge in [-0.3, -0.25) is 10.1 Å². The molecule has 7 nitrogen and oxygen atoms in total. The number of nitrogens with zero attached hydrogens (tertiary/aromatic N) is 1. The summed E-state index contributed by atoms with van der Waals surface area (Å²) in [5, 5.41) is 10.9. The predicted octanol–water partition coefficient (Wildman–Crippen LogP) is 1.95. The summed E-state index contributed by atoms with van der Waals surface area (Å²) in [7, 11) is 2.71. The molecule has 1 aromatic carbocycles. The average molecular weight is 267 g/mol. The maximum absolute atomic E-state index is 11.7. The molecule has 0 saturated heterocycles. The predicted molar refractivity (Wildman–Crippen MR) is 66.7 cm³/mol. The number of rotatable bonds is 6. The quantitative estimate of drug-likeness (QED) is 0.339. The van der Waals surface area contributed by atoms with Gasteiger partial charge in [0.2, 0.25) is 0 Å². The molecular formula is C12H13NO6. The number of benzene rings is 1. The molecule has 0 saturated carbocycles. The summed E-state index contributed by atoms with van der Waals surface area (Å²) >= 11 is 0. The van der Waals surface area contributed by atoms with Crippen molar-refractivity contribution >= 4 is 11.7 Å². The first-order valence-electron chi connectivity index (χ1n) is 5.23. The minimum absolute atomic E-state index is 0.0374. The Bertz CT molecular complexity index is 511.